The van der Waals surface area contributed by atoms with E-state index in [1.54, 1.807) is 18.2 Å². The number of nitrogens with zero attached hydrogens (tertiary/aromatic N) is 2. The van der Waals surface area contributed by atoms with Gasteiger partial charge in [0, 0.05) is 19.8 Å². The molecular weight excluding hydrogens is 522 g/mol. The average Bonchev–Trinajstić information content (AvgIpc) is 2.96. The van der Waals surface area contributed by atoms with Gasteiger partial charge in [-0.1, -0.05) is 18.2 Å². The minimum atomic E-state index is -0.685. The fourth-order valence-electron chi connectivity index (χ4n) is 7.75. The molecule has 4 saturated carbocycles. The molecule has 7 rings (SSSR count). The normalized spacial score (nSPS) is 26.9. The summed E-state index contributed by atoms with van der Waals surface area (Å²) in [7, 11) is 4.10. The predicted molar refractivity (Wildman–Crippen MR) is 152 cm³/mol. The number of carbonyl (C=O) groups is 4. The Hall–Kier alpha value is -4.14. The van der Waals surface area contributed by atoms with Crippen LogP contribution in [-0.2, 0) is 19.8 Å². The van der Waals surface area contributed by atoms with Crippen molar-refractivity contribution in [3.8, 4) is 11.5 Å². The number of hydrogen-bond acceptors (Lipinski definition) is 6. The van der Waals surface area contributed by atoms with Crippen LogP contribution in [0.3, 0.4) is 0 Å². The number of amides is 5. The SMILES string of the molecule is COc1cc(C=C2C(=O)N(C)C(=O)N(C)C2=O)ccc1OCC(=O)Nc1ccc(C23CC4CC(CC(C4)C2)C3)cc1. The molecule has 9 heteroatoms. The van der Waals surface area contributed by atoms with Gasteiger partial charge in [-0.25, -0.2) is 4.79 Å². The third-order valence-electron chi connectivity index (χ3n) is 9.32. The molecule has 0 unspecified atom stereocenters. The summed E-state index contributed by atoms with van der Waals surface area (Å²) in [6, 6.07) is 12.5. The van der Waals surface area contributed by atoms with Crippen molar-refractivity contribution in [3.05, 3.63) is 59.2 Å². The number of benzene rings is 2. The molecule has 0 atom stereocenters. The Morgan fingerprint density at radius 2 is 1.49 bits per heavy atom. The summed E-state index contributed by atoms with van der Waals surface area (Å²) in [5, 5.41) is 2.91. The third kappa shape index (κ3) is 4.98. The summed E-state index contributed by atoms with van der Waals surface area (Å²) in [4.78, 5) is 51.4. The van der Waals surface area contributed by atoms with Crippen LogP contribution in [0.25, 0.3) is 6.08 Å². The summed E-state index contributed by atoms with van der Waals surface area (Å²) in [5.41, 5.74) is 2.83. The van der Waals surface area contributed by atoms with Crippen molar-refractivity contribution in [1.82, 2.24) is 9.80 Å². The number of barbiturate groups is 1. The predicted octanol–water partition coefficient (Wildman–Crippen LogP) is 4.61. The van der Waals surface area contributed by atoms with Crippen molar-refractivity contribution >= 4 is 35.5 Å². The average molecular weight is 558 g/mol. The van der Waals surface area contributed by atoms with E-state index in [1.165, 1.54) is 71.4 Å². The maximum atomic E-state index is 12.7. The van der Waals surface area contributed by atoms with Gasteiger partial charge in [0.2, 0.25) is 0 Å². The first kappa shape index (κ1) is 27.1. The molecule has 1 heterocycles. The van der Waals surface area contributed by atoms with E-state index in [1.807, 2.05) is 12.1 Å². The molecule has 1 saturated heterocycles. The van der Waals surface area contributed by atoms with Gasteiger partial charge in [0.15, 0.2) is 18.1 Å². The number of carbonyl (C=O) groups excluding carboxylic acids is 4. The quantitative estimate of drug-likeness (QED) is 0.394. The number of methoxy groups -OCH3 is 1. The highest BCUT2D eigenvalue weighted by molar-refractivity contribution is 6.30. The highest BCUT2D eigenvalue weighted by Gasteiger charge is 2.51. The fourth-order valence-corrected chi connectivity index (χ4v) is 7.75. The van der Waals surface area contributed by atoms with E-state index in [2.05, 4.69) is 17.4 Å². The fraction of sp³-hybridized carbons (Fsp3) is 0.438. The largest absolute Gasteiger partial charge is 0.493 e. The first-order valence-electron chi connectivity index (χ1n) is 14.2. The monoisotopic (exact) mass is 557 g/mol. The van der Waals surface area contributed by atoms with E-state index in [0.717, 1.165) is 33.2 Å². The number of nitrogens with one attached hydrogen (secondary N) is 1. The molecule has 2 aromatic rings. The molecule has 0 spiro atoms. The zero-order valence-corrected chi connectivity index (χ0v) is 23.6. The molecule has 4 aliphatic carbocycles. The maximum absolute atomic E-state index is 12.7. The number of hydrogen-bond donors (Lipinski definition) is 1. The lowest BCUT2D eigenvalue weighted by atomic mass is 9.48. The van der Waals surface area contributed by atoms with Crippen LogP contribution in [0.1, 0.15) is 49.7 Å². The Balaban J connectivity index is 1.08. The van der Waals surface area contributed by atoms with Gasteiger partial charge in [-0.05, 0) is 103 Å². The topological polar surface area (TPSA) is 105 Å². The van der Waals surface area contributed by atoms with Gasteiger partial charge in [0.1, 0.15) is 5.57 Å². The molecule has 1 N–H and O–H groups in total. The van der Waals surface area contributed by atoms with Gasteiger partial charge >= 0.3 is 6.03 Å². The number of ether oxygens (including phenoxy) is 2. The second kappa shape index (κ2) is 10.4. The number of imide groups is 2. The molecule has 0 radical (unpaired) electrons. The lowest BCUT2D eigenvalue weighted by molar-refractivity contribution is -0.134. The van der Waals surface area contributed by atoms with Gasteiger partial charge in [0.25, 0.3) is 17.7 Å². The molecule has 5 fully saturated rings. The van der Waals surface area contributed by atoms with E-state index < -0.39 is 17.8 Å². The van der Waals surface area contributed by atoms with Crippen molar-refractivity contribution in [1.29, 1.82) is 0 Å². The standard InChI is InChI=1S/C32H35N3O6/c1-34-29(37)25(30(38)35(2)31(34)39)13-19-4-9-26(27(14-19)40-3)41-18-28(36)33-24-7-5-23(6-8-24)32-15-20-10-21(16-32)12-22(11-20)17-32/h4-9,13-14,20-22H,10-12,15-18H2,1-3H3,(H,33,36). The highest BCUT2D eigenvalue weighted by atomic mass is 16.5. The van der Waals surface area contributed by atoms with Crippen molar-refractivity contribution in [3.63, 3.8) is 0 Å². The summed E-state index contributed by atoms with van der Waals surface area (Å²) in [6.07, 6.45) is 9.54. The molecule has 2 aromatic carbocycles. The lowest BCUT2D eigenvalue weighted by Crippen LogP contribution is -2.52. The lowest BCUT2D eigenvalue weighted by Gasteiger charge is -2.57. The van der Waals surface area contributed by atoms with E-state index in [-0.39, 0.29) is 18.1 Å². The van der Waals surface area contributed by atoms with Crippen LogP contribution in [0, 0.1) is 17.8 Å². The Bertz CT molecular complexity index is 1380. The van der Waals surface area contributed by atoms with E-state index in [4.69, 9.17) is 9.47 Å². The Morgan fingerprint density at radius 1 is 0.902 bits per heavy atom. The molecule has 0 aromatic heterocycles. The van der Waals surface area contributed by atoms with Crippen molar-refractivity contribution in [2.45, 2.75) is 43.9 Å². The van der Waals surface area contributed by atoms with Gasteiger partial charge in [-0.3, -0.25) is 24.2 Å². The zero-order valence-electron chi connectivity index (χ0n) is 23.6. The Morgan fingerprint density at radius 3 is 2.05 bits per heavy atom. The molecule has 41 heavy (non-hydrogen) atoms. The van der Waals surface area contributed by atoms with Crippen molar-refractivity contribution < 1.29 is 28.7 Å². The molecule has 1 aliphatic heterocycles. The Labute approximate surface area is 239 Å². The van der Waals surface area contributed by atoms with Crippen molar-refractivity contribution in [2.75, 3.05) is 33.1 Å². The maximum Gasteiger partial charge on any atom is 0.333 e. The van der Waals surface area contributed by atoms with Crippen LogP contribution in [0.4, 0.5) is 10.5 Å². The molecule has 9 nitrogen and oxygen atoms in total. The van der Waals surface area contributed by atoms with Crippen LogP contribution in [0.2, 0.25) is 0 Å². The van der Waals surface area contributed by atoms with E-state index in [9.17, 15) is 19.2 Å². The number of rotatable bonds is 7. The minimum Gasteiger partial charge on any atom is -0.493 e. The molecule has 5 aliphatic rings. The van der Waals surface area contributed by atoms with Crippen LogP contribution in [-0.4, -0.2) is 61.4 Å². The second-order valence-corrected chi connectivity index (χ2v) is 12.1. The second-order valence-electron chi connectivity index (χ2n) is 12.1. The molecule has 4 bridgehead atoms. The van der Waals surface area contributed by atoms with E-state index in [0.29, 0.717) is 22.5 Å². The number of likely N-dealkylation sites (N-methyl/N-ethyl adjacent to an activating group) is 2. The third-order valence-corrected chi connectivity index (χ3v) is 9.32. The first-order valence-corrected chi connectivity index (χ1v) is 14.2. The molecular formula is C32H35N3O6. The van der Waals surface area contributed by atoms with Crippen LogP contribution >= 0.6 is 0 Å². The summed E-state index contributed by atoms with van der Waals surface area (Å²) < 4.78 is 11.2. The first-order chi connectivity index (χ1) is 19.7. The van der Waals surface area contributed by atoms with Crippen molar-refractivity contribution in [2.24, 2.45) is 17.8 Å². The summed E-state index contributed by atoms with van der Waals surface area (Å²) in [6.45, 7) is -0.220. The number of anilines is 1. The highest BCUT2D eigenvalue weighted by Crippen LogP contribution is 2.60. The molecule has 5 amide bonds. The van der Waals surface area contributed by atoms with Crippen LogP contribution in [0.15, 0.2) is 48.0 Å². The van der Waals surface area contributed by atoms with Gasteiger partial charge in [0.05, 0.1) is 7.11 Å². The van der Waals surface area contributed by atoms with Crippen LogP contribution < -0.4 is 14.8 Å². The summed E-state index contributed by atoms with van der Waals surface area (Å²) in [5.74, 6) is 1.66. The van der Waals surface area contributed by atoms with Gasteiger partial charge in [-0.15, -0.1) is 0 Å². The summed E-state index contributed by atoms with van der Waals surface area (Å²) >= 11 is 0. The van der Waals surface area contributed by atoms with E-state index >= 15 is 0 Å². The Kier molecular flexibility index (Phi) is 6.83. The zero-order chi connectivity index (χ0) is 28.9. The minimum absolute atomic E-state index is 0.140. The van der Waals surface area contributed by atoms with Crippen LogP contribution in [0.5, 0.6) is 11.5 Å². The van der Waals surface area contributed by atoms with Gasteiger partial charge in [-0.2, -0.15) is 0 Å². The number of urea groups is 1. The molecule has 214 valence electrons. The van der Waals surface area contributed by atoms with Gasteiger partial charge < -0.3 is 14.8 Å². The smallest absolute Gasteiger partial charge is 0.333 e.